The van der Waals surface area contributed by atoms with E-state index in [1.54, 1.807) is 4.40 Å². The van der Waals surface area contributed by atoms with Crippen LogP contribution in [0.2, 0.25) is 0 Å². The van der Waals surface area contributed by atoms with E-state index in [4.69, 9.17) is 0 Å². The van der Waals surface area contributed by atoms with E-state index >= 15 is 0 Å². The Morgan fingerprint density at radius 3 is 2.83 bits per heavy atom. The molecule has 5 rings (SSSR count). The summed E-state index contributed by atoms with van der Waals surface area (Å²) in [6.07, 6.45) is 1.98. The molecule has 0 spiro atoms. The van der Waals surface area contributed by atoms with Crippen LogP contribution in [0.3, 0.4) is 0 Å². The van der Waals surface area contributed by atoms with E-state index in [9.17, 15) is 4.79 Å². The zero-order valence-electron chi connectivity index (χ0n) is 12.9. The van der Waals surface area contributed by atoms with E-state index < -0.39 is 0 Å². The molecule has 2 aromatic carbocycles. The number of rotatable bonds is 1. The molecule has 4 nitrogen and oxygen atoms in total. The summed E-state index contributed by atoms with van der Waals surface area (Å²) in [5.41, 5.74) is 4.93. The number of thiazole rings is 1. The van der Waals surface area contributed by atoms with Crippen LogP contribution in [0.1, 0.15) is 11.3 Å². The number of aromatic amines is 1. The van der Waals surface area contributed by atoms with Gasteiger partial charge >= 0.3 is 0 Å². The lowest BCUT2D eigenvalue weighted by Crippen LogP contribution is -2.22. The Labute approximate surface area is 140 Å². The number of aryl methyl sites for hydroxylation is 1. The summed E-state index contributed by atoms with van der Waals surface area (Å²) in [4.78, 5) is 21.5. The predicted octanol–water partition coefficient (Wildman–Crippen LogP) is 3.25. The second kappa shape index (κ2) is 4.79. The summed E-state index contributed by atoms with van der Waals surface area (Å²) < 4.78 is 2.41. The van der Waals surface area contributed by atoms with Crippen molar-refractivity contribution in [3.63, 3.8) is 0 Å². The molecule has 0 amide bonds. The van der Waals surface area contributed by atoms with Gasteiger partial charge in [0, 0.05) is 22.2 Å². The van der Waals surface area contributed by atoms with E-state index in [-0.39, 0.29) is 5.56 Å². The van der Waals surface area contributed by atoms with E-state index in [0.29, 0.717) is 4.53 Å². The third-order valence-corrected chi connectivity index (χ3v) is 5.33. The molecule has 0 saturated heterocycles. The number of hydrogen-bond acceptors (Lipinski definition) is 3. The fourth-order valence-corrected chi connectivity index (χ4v) is 4.20. The Morgan fingerprint density at radius 1 is 1.12 bits per heavy atom. The maximum Gasteiger partial charge on any atom is 0.274 e. The van der Waals surface area contributed by atoms with Gasteiger partial charge in [0.15, 0.2) is 4.96 Å². The topological polar surface area (TPSA) is 50.2 Å². The predicted molar refractivity (Wildman–Crippen MR) is 98.7 cm³/mol. The summed E-state index contributed by atoms with van der Waals surface area (Å²) in [6, 6.07) is 15.9. The van der Waals surface area contributed by atoms with Gasteiger partial charge < -0.3 is 4.98 Å². The molecule has 0 bridgehead atoms. The smallest absolute Gasteiger partial charge is 0.274 e. The highest BCUT2D eigenvalue weighted by atomic mass is 32.1. The minimum absolute atomic E-state index is 0.00613. The van der Waals surface area contributed by atoms with Gasteiger partial charge in [-0.15, -0.1) is 0 Å². The number of fused-ring (bicyclic) bond motifs is 4. The van der Waals surface area contributed by atoms with E-state index in [1.807, 2.05) is 55.5 Å². The van der Waals surface area contributed by atoms with Crippen LogP contribution in [0.4, 0.5) is 0 Å². The lowest BCUT2D eigenvalue weighted by molar-refractivity contribution is 1.19. The first-order valence-corrected chi connectivity index (χ1v) is 8.53. The fourth-order valence-electron chi connectivity index (χ4n) is 3.23. The Morgan fingerprint density at radius 2 is 1.92 bits per heavy atom. The van der Waals surface area contributed by atoms with Gasteiger partial charge in [-0.2, -0.15) is 0 Å². The third-order valence-electron chi connectivity index (χ3n) is 4.36. The van der Waals surface area contributed by atoms with Gasteiger partial charge in [0.05, 0.1) is 15.6 Å². The van der Waals surface area contributed by atoms with Crippen molar-refractivity contribution >= 4 is 44.3 Å². The second-order valence-corrected chi connectivity index (χ2v) is 6.85. The van der Waals surface area contributed by atoms with Gasteiger partial charge in [-0.1, -0.05) is 41.7 Å². The Kier molecular flexibility index (Phi) is 2.69. The third kappa shape index (κ3) is 1.79. The van der Waals surface area contributed by atoms with E-state index in [2.05, 4.69) is 16.0 Å². The lowest BCUT2D eigenvalue weighted by atomic mass is 10.1. The summed E-state index contributed by atoms with van der Waals surface area (Å²) >= 11 is 1.44. The largest absolute Gasteiger partial charge is 0.358 e. The van der Waals surface area contributed by atoms with Crippen molar-refractivity contribution in [1.82, 2.24) is 14.4 Å². The van der Waals surface area contributed by atoms with E-state index in [0.717, 1.165) is 38.2 Å². The molecule has 0 fully saturated rings. The zero-order chi connectivity index (χ0) is 16.3. The monoisotopic (exact) mass is 331 g/mol. The molecule has 0 unspecified atom stereocenters. The van der Waals surface area contributed by atoms with Crippen LogP contribution in [-0.4, -0.2) is 14.4 Å². The van der Waals surface area contributed by atoms with Crippen LogP contribution in [0.5, 0.6) is 0 Å². The van der Waals surface area contributed by atoms with Gasteiger partial charge in [0.2, 0.25) is 0 Å². The average Bonchev–Trinajstić information content (AvgIpc) is 3.20. The van der Waals surface area contributed by atoms with Crippen molar-refractivity contribution in [2.75, 3.05) is 0 Å². The number of H-pyrrole nitrogens is 1. The van der Waals surface area contributed by atoms with Crippen molar-refractivity contribution in [3.05, 3.63) is 74.7 Å². The van der Waals surface area contributed by atoms with Crippen molar-refractivity contribution in [2.24, 2.45) is 0 Å². The molecule has 116 valence electrons. The summed E-state index contributed by atoms with van der Waals surface area (Å²) in [5.74, 6) is 0. The number of benzene rings is 2. The maximum absolute atomic E-state index is 12.9. The zero-order valence-corrected chi connectivity index (χ0v) is 13.7. The van der Waals surface area contributed by atoms with Crippen molar-refractivity contribution in [2.45, 2.75) is 6.92 Å². The molecular formula is C19H13N3OS. The van der Waals surface area contributed by atoms with Crippen LogP contribution < -0.4 is 10.1 Å². The van der Waals surface area contributed by atoms with Crippen molar-refractivity contribution in [1.29, 1.82) is 0 Å². The SMILES string of the molecule is Cc1[nH]c2ccccc2c1C=c1sc2nc3ccccc3n2c1=O. The molecule has 3 heterocycles. The maximum atomic E-state index is 12.9. The highest BCUT2D eigenvalue weighted by molar-refractivity contribution is 7.15. The number of hydrogen-bond donors (Lipinski definition) is 1. The molecule has 3 aromatic heterocycles. The first-order valence-electron chi connectivity index (χ1n) is 7.71. The normalized spacial score (nSPS) is 12.8. The van der Waals surface area contributed by atoms with Gasteiger partial charge in [0.25, 0.3) is 5.56 Å². The van der Waals surface area contributed by atoms with E-state index in [1.165, 1.54) is 11.3 Å². The van der Waals surface area contributed by atoms with Crippen molar-refractivity contribution < 1.29 is 0 Å². The highest BCUT2D eigenvalue weighted by Gasteiger charge is 2.12. The minimum atomic E-state index is -0.00613. The molecule has 0 aliphatic rings. The quantitative estimate of drug-likeness (QED) is 0.513. The Hall–Kier alpha value is -2.92. The molecule has 1 N–H and O–H groups in total. The molecule has 0 saturated carbocycles. The Balaban J connectivity index is 1.85. The number of nitrogens with zero attached hydrogens (tertiary/aromatic N) is 2. The van der Waals surface area contributed by atoms with Crippen LogP contribution in [0.15, 0.2) is 53.3 Å². The molecule has 0 aliphatic carbocycles. The van der Waals surface area contributed by atoms with Gasteiger partial charge in [-0.05, 0) is 31.2 Å². The molecule has 0 radical (unpaired) electrons. The summed E-state index contributed by atoms with van der Waals surface area (Å²) in [5, 5.41) is 1.13. The van der Waals surface area contributed by atoms with Crippen LogP contribution in [0, 0.1) is 6.92 Å². The standard InChI is InChI=1S/C19H13N3OS/c1-11-13(12-6-2-3-7-14(12)20-11)10-17-18(23)22-16-9-5-4-8-15(16)21-19(22)24-17/h2-10,20H,1H3. The minimum Gasteiger partial charge on any atom is -0.358 e. The highest BCUT2D eigenvalue weighted by Crippen LogP contribution is 2.22. The van der Waals surface area contributed by atoms with Gasteiger partial charge in [-0.3, -0.25) is 4.79 Å². The summed E-state index contributed by atoms with van der Waals surface area (Å²) in [7, 11) is 0. The summed E-state index contributed by atoms with van der Waals surface area (Å²) in [6.45, 7) is 2.03. The number of nitrogens with one attached hydrogen (secondary N) is 1. The van der Waals surface area contributed by atoms with Crippen LogP contribution in [0.25, 0.3) is 33.0 Å². The first-order chi connectivity index (χ1) is 11.7. The molecular weight excluding hydrogens is 318 g/mol. The van der Waals surface area contributed by atoms with Crippen LogP contribution in [-0.2, 0) is 0 Å². The average molecular weight is 331 g/mol. The molecule has 24 heavy (non-hydrogen) atoms. The molecule has 0 aliphatic heterocycles. The first kappa shape index (κ1) is 13.5. The fraction of sp³-hybridized carbons (Fsp3) is 0.0526. The molecule has 5 heteroatoms. The van der Waals surface area contributed by atoms with Gasteiger partial charge in [-0.25, -0.2) is 9.38 Å². The lowest BCUT2D eigenvalue weighted by Gasteiger charge is -1.91. The molecule has 5 aromatic rings. The number of para-hydroxylation sites is 3. The number of aromatic nitrogens is 3. The second-order valence-electron chi connectivity index (χ2n) is 5.84. The Bertz CT molecular complexity index is 1340. The van der Waals surface area contributed by atoms with Crippen molar-refractivity contribution in [3.8, 4) is 0 Å². The van der Waals surface area contributed by atoms with Crippen LogP contribution >= 0.6 is 11.3 Å². The van der Waals surface area contributed by atoms with Gasteiger partial charge in [0.1, 0.15) is 0 Å². The number of imidazole rings is 1. The molecule has 0 atom stereocenters.